The lowest BCUT2D eigenvalue weighted by Gasteiger charge is -2.22. The molecule has 4 nitrogen and oxygen atoms in total. The molecule has 24 heavy (non-hydrogen) atoms. The predicted molar refractivity (Wildman–Crippen MR) is 73.5 cm³/mol. The first kappa shape index (κ1) is 18.1. The lowest BCUT2D eigenvalue weighted by Crippen LogP contribution is -2.34. The Kier molecular flexibility index (Phi) is 4.79. The summed E-state index contributed by atoms with van der Waals surface area (Å²) >= 11 is 0. The van der Waals surface area contributed by atoms with Crippen molar-refractivity contribution in [2.24, 2.45) is 5.92 Å². The molecule has 0 fully saturated rings. The second-order valence-electron chi connectivity index (χ2n) is 4.86. The lowest BCUT2D eigenvalue weighted by atomic mass is 9.97. The summed E-state index contributed by atoms with van der Waals surface area (Å²) < 4.78 is 90.6. The van der Waals surface area contributed by atoms with E-state index in [1.807, 2.05) is 4.72 Å². The van der Waals surface area contributed by atoms with Crippen molar-refractivity contribution in [1.82, 2.24) is 4.72 Å². The van der Waals surface area contributed by atoms with Gasteiger partial charge in [0.15, 0.2) is 6.17 Å². The number of alkyl halides is 4. The average Bonchev–Trinajstić information content (AvgIpc) is 2.50. The molecular weight excluding hydrogens is 357 g/mol. The number of sulfonamides is 1. The van der Waals surface area contributed by atoms with Crippen molar-refractivity contribution in [1.29, 1.82) is 0 Å². The third-order valence-corrected chi connectivity index (χ3v) is 4.64. The van der Waals surface area contributed by atoms with Gasteiger partial charge < -0.3 is 4.79 Å². The van der Waals surface area contributed by atoms with Gasteiger partial charge in [0, 0.05) is 0 Å². The summed E-state index contributed by atoms with van der Waals surface area (Å²) in [6.45, 7) is 0. The molecule has 0 radical (unpaired) electrons. The zero-order valence-electron chi connectivity index (χ0n) is 11.7. The summed E-state index contributed by atoms with van der Waals surface area (Å²) in [7, 11) is -4.40. The van der Waals surface area contributed by atoms with E-state index in [0.717, 1.165) is 12.2 Å². The monoisotopic (exact) mass is 367 g/mol. The van der Waals surface area contributed by atoms with Crippen LogP contribution in [0.4, 0.5) is 22.0 Å². The number of carbonyl (C=O) groups excluding carboxylic acids is 1. The van der Waals surface area contributed by atoms with Crippen molar-refractivity contribution in [2.75, 3.05) is 0 Å². The van der Waals surface area contributed by atoms with Crippen LogP contribution >= 0.6 is 0 Å². The molecule has 2 unspecified atom stereocenters. The minimum Gasteiger partial charge on any atom is -0.302 e. The van der Waals surface area contributed by atoms with Gasteiger partial charge in [-0.3, -0.25) is 4.72 Å². The zero-order chi connectivity index (χ0) is 18.1. The van der Waals surface area contributed by atoms with Crippen LogP contribution in [-0.2, 0) is 21.0 Å². The number of hydrogen-bond acceptors (Lipinski definition) is 3. The van der Waals surface area contributed by atoms with Gasteiger partial charge in [0.2, 0.25) is 0 Å². The Hall–Kier alpha value is -2.23. The first-order valence-corrected chi connectivity index (χ1v) is 7.91. The third-order valence-electron chi connectivity index (χ3n) is 3.24. The number of rotatable bonds is 4. The Morgan fingerprint density at radius 1 is 1.08 bits per heavy atom. The van der Waals surface area contributed by atoms with E-state index in [9.17, 15) is 35.2 Å². The summed E-state index contributed by atoms with van der Waals surface area (Å²) in [6.07, 6.45) is -5.35. The first-order valence-electron chi connectivity index (χ1n) is 6.43. The molecule has 0 aromatic heterocycles. The van der Waals surface area contributed by atoms with Crippen LogP contribution < -0.4 is 4.72 Å². The highest BCUT2D eigenvalue weighted by molar-refractivity contribution is 7.89. The second kappa shape index (κ2) is 6.34. The molecule has 130 valence electrons. The molecule has 1 N–H and O–H groups in total. The number of allylic oxidation sites excluding steroid dienone is 4. The van der Waals surface area contributed by atoms with Crippen LogP contribution in [0.3, 0.4) is 0 Å². The highest BCUT2D eigenvalue weighted by Gasteiger charge is 2.34. The minimum atomic E-state index is -4.63. The van der Waals surface area contributed by atoms with Crippen LogP contribution in [0, 0.1) is 5.92 Å². The Balaban J connectivity index is 2.27. The standard InChI is InChI=1S/C14H10F5NO3S/c15-11-5-6-12(13(16)10(11)7-21)20-24(22,23)9-3-1-8(2-4-9)14(17,18)19/h1-7,10,13,20H. The molecule has 0 heterocycles. The molecule has 0 aliphatic heterocycles. The molecule has 0 bridgehead atoms. The fourth-order valence-electron chi connectivity index (χ4n) is 1.97. The van der Waals surface area contributed by atoms with E-state index in [4.69, 9.17) is 0 Å². The van der Waals surface area contributed by atoms with E-state index >= 15 is 0 Å². The van der Waals surface area contributed by atoms with Crippen LogP contribution in [0.15, 0.2) is 52.8 Å². The van der Waals surface area contributed by atoms with Crippen molar-refractivity contribution >= 4 is 16.3 Å². The van der Waals surface area contributed by atoms with Gasteiger partial charge in [0.25, 0.3) is 10.0 Å². The number of carbonyl (C=O) groups is 1. The van der Waals surface area contributed by atoms with Crippen LogP contribution in [0.5, 0.6) is 0 Å². The van der Waals surface area contributed by atoms with Crippen molar-refractivity contribution in [3.8, 4) is 0 Å². The van der Waals surface area contributed by atoms with Crippen LogP contribution in [0.1, 0.15) is 5.56 Å². The van der Waals surface area contributed by atoms with Crippen LogP contribution in [0.2, 0.25) is 0 Å². The first-order chi connectivity index (χ1) is 11.1. The SMILES string of the molecule is O=CC1C(F)=CC=C(NS(=O)(=O)c2ccc(C(F)(F)F)cc2)C1F. The molecule has 0 saturated heterocycles. The van der Waals surface area contributed by atoms with Gasteiger partial charge in [-0.1, -0.05) is 0 Å². The smallest absolute Gasteiger partial charge is 0.302 e. The largest absolute Gasteiger partial charge is 0.416 e. The van der Waals surface area contributed by atoms with E-state index in [1.165, 1.54) is 0 Å². The van der Waals surface area contributed by atoms with Gasteiger partial charge in [-0.25, -0.2) is 17.2 Å². The summed E-state index contributed by atoms with van der Waals surface area (Å²) in [4.78, 5) is 10.1. The van der Waals surface area contributed by atoms with Crippen molar-refractivity contribution in [3.05, 3.63) is 53.5 Å². The Morgan fingerprint density at radius 3 is 2.17 bits per heavy atom. The highest BCUT2D eigenvalue weighted by Crippen LogP contribution is 2.30. The third kappa shape index (κ3) is 3.64. The maximum Gasteiger partial charge on any atom is 0.416 e. The van der Waals surface area contributed by atoms with Gasteiger partial charge in [-0.2, -0.15) is 13.2 Å². The van der Waals surface area contributed by atoms with Crippen LogP contribution in [0.25, 0.3) is 0 Å². The topological polar surface area (TPSA) is 63.2 Å². The van der Waals surface area contributed by atoms with Crippen molar-refractivity contribution < 1.29 is 35.2 Å². The molecule has 10 heteroatoms. The van der Waals surface area contributed by atoms with Gasteiger partial charge in [-0.05, 0) is 36.4 Å². The van der Waals surface area contributed by atoms with Crippen LogP contribution in [-0.4, -0.2) is 20.9 Å². The van der Waals surface area contributed by atoms with E-state index < -0.39 is 50.3 Å². The predicted octanol–water partition coefficient (Wildman–Crippen LogP) is 2.89. The highest BCUT2D eigenvalue weighted by atomic mass is 32.2. The normalized spacial score (nSPS) is 21.7. The number of aldehydes is 1. The molecular formula is C14H10F5NO3S. The number of nitrogens with one attached hydrogen (secondary N) is 1. The van der Waals surface area contributed by atoms with E-state index in [2.05, 4.69) is 0 Å². The maximum atomic E-state index is 14.0. The minimum absolute atomic E-state index is 0.00404. The number of halogens is 5. The van der Waals surface area contributed by atoms with Gasteiger partial charge in [-0.15, -0.1) is 0 Å². The molecule has 0 saturated carbocycles. The van der Waals surface area contributed by atoms with E-state index in [-0.39, 0.29) is 6.29 Å². The summed E-state index contributed by atoms with van der Waals surface area (Å²) in [5.74, 6) is -2.84. The molecule has 0 spiro atoms. The maximum absolute atomic E-state index is 14.0. The second-order valence-corrected chi connectivity index (χ2v) is 6.55. The molecule has 1 aromatic carbocycles. The van der Waals surface area contributed by atoms with E-state index in [0.29, 0.717) is 24.3 Å². The molecule has 2 rings (SSSR count). The summed E-state index contributed by atoms with van der Waals surface area (Å²) in [6, 6.07) is 2.53. The molecule has 1 aliphatic rings. The Morgan fingerprint density at radius 2 is 1.67 bits per heavy atom. The molecule has 2 atom stereocenters. The quantitative estimate of drug-likeness (QED) is 0.658. The fraction of sp³-hybridized carbons (Fsp3) is 0.214. The summed E-state index contributed by atoms with van der Waals surface area (Å²) in [5, 5.41) is 0. The van der Waals surface area contributed by atoms with Crippen molar-refractivity contribution in [2.45, 2.75) is 17.2 Å². The average molecular weight is 367 g/mol. The Bertz CT molecular complexity index is 797. The van der Waals surface area contributed by atoms with E-state index in [1.54, 1.807) is 0 Å². The number of hydrogen-bond donors (Lipinski definition) is 1. The molecule has 1 aromatic rings. The van der Waals surface area contributed by atoms with Crippen molar-refractivity contribution in [3.63, 3.8) is 0 Å². The number of benzene rings is 1. The Labute approximate surface area is 133 Å². The van der Waals surface area contributed by atoms with Gasteiger partial charge in [0.05, 0.1) is 16.2 Å². The zero-order valence-corrected chi connectivity index (χ0v) is 12.5. The van der Waals surface area contributed by atoms with Gasteiger partial charge >= 0.3 is 6.18 Å². The lowest BCUT2D eigenvalue weighted by molar-refractivity contribution is -0.137. The molecule has 1 aliphatic carbocycles. The summed E-state index contributed by atoms with van der Waals surface area (Å²) in [5.41, 5.74) is -1.64. The van der Waals surface area contributed by atoms with Gasteiger partial charge in [0.1, 0.15) is 18.0 Å². The molecule has 0 amide bonds. The fourth-order valence-corrected chi connectivity index (χ4v) is 3.07.